The first-order valence-corrected chi connectivity index (χ1v) is 6.81. The molecule has 0 aromatic heterocycles. The van der Waals surface area contributed by atoms with Gasteiger partial charge in [0.2, 0.25) is 0 Å². The van der Waals surface area contributed by atoms with Crippen LogP contribution in [-0.4, -0.2) is 35.9 Å². The van der Waals surface area contributed by atoms with E-state index >= 15 is 0 Å². The number of carbonyl (C=O) groups excluding carboxylic acids is 1. The van der Waals surface area contributed by atoms with E-state index < -0.39 is 0 Å². The second-order valence-corrected chi connectivity index (χ2v) is 5.16. The highest BCUT2D eigenvalue weighted by Crippen LogP contribution is 2.33. The molecule has 1 saturated heterocycles. The molecule has 4 nitrogen and oxygen atoms in total. The maximum absolute atomic E-state index is 11.9. The average molecular weight is 314 g/mol. The van der Waals surface area contributed by atoms with Crippen LogP contribution < -0.4 is 0 Å². The minimum absolute atomic E-state index is 0.0561. The average Bonchev–Trinajstić information content (AvgIpc) is 2.85. The van der Waals surface area contributed by atoms with Gasteiger partial charge in [0.15, 0.2) is 0 Å². The summed E-state index contributed by atoms with van der Waals surface area (Å²) in [5.41, 5.74) is 1.11. The van der Waals surface area contributed by atoms with Crippen molar-refractivity contribution in [3.8, 4) is 0 Å². The summed E-state index contributed by atoms with van der Waals surface area (Å²) in [7, 11) is 0. The first kappa shape index (κ1) is 13.4. The molecule has 1 aromatic carbocycles. The second kappa shape index (κ2) is 6.20. The number of nitrogens with zero attached hydrogens (tertiary/aromatic N) is 1. The van der Waals surface area contributed by atoms with Crippen molar-refractivity contribution >= 4 is 22.0 Å². The van der Waals surface area contributed by atoms with Gasteiger partial charge in [-0.3, -0.25) is 0 Å². The van der Waals surface area contributed by atoms with Gasteiger partial charge in [-0.2, -0.15) is 0 Å². The largest absolute Gasteiger partial charge is 0.447 e. The molecule has 0 spiro atoms. The van der Waals surface area contributed by atoms with Crippen molar-refractivity contribution < 1.29 is 14.6 Å². The van der Waals surface area contributed by atoms with Crippen molar-refractivity contribution in [1.29, 1.82) is 0 Å². The monoisotopic (exact) mass is 313 g/mol. The van der Waals surface area contributed by atoms with Crippen LogP contribution in [0.2, 0.25) is 0 Å². The van der Waals surface area contributed by atoms with Crippen LogP contribution in [0.3, 0.4) is 0 Å². The molecular formula is C13H16BrNO3. The number of hydrogen-bond acceptors (Lipinski definition) is 3. The summed E-state index contributed by atoms with van der Waals surface area (Å²) in [4.78, 5) is 13.6. The zero-order chi connectivity index (χ0) is 13.0. The number of likely N-dealkylation sites (tertiary alicyclic amines) is 1. The number of rotatable bonds is 3. The molecule has 1 N–H and O–H groups in total. The molecule has 0 saturated carbocycles. The molecule has 1 aromatic rings. The lowest BCUT2D eigenvalue weighted by atomic mass is 10.1. The predicted octanol–water partition coefficient (Wildman–Crippen LogP) is 2.71. The third-order valence-corrected chi connectivity index (χ3v) is 3.53. The second-order valence-electron chi connectivity index (χ2n) is 4.24. The van der Waals surface area contributed by atoms with Crippen molar-refractivity contribution in [3.05, 3.63) is 34.3 Å². The molecule has 2 rings (SSSR count). The zero-order valence-corrected chi connectivity index (χ0v) is 11.6. The maximum Gasteiger partial charge on any atom is 0.410 e. The van der Waals surface area contributed by atoms with Gasteiger partial charge in [-0.15, -0.1) is 0 Å². The normalized spacial score (nSPS) is 19.0. The van der Waals surface area contributed by atoms with Gasteiger partial charge in [0, 0.05) is 11.0 Å². The van der Waals surface area contributed by atoms with E-state index in [9.17, 15) is 4.79 Å². The topological polar surface area (TPSA) is 49.8 Å². The van der Waals surface area contributed by atoms with Gasteiger partial charge in [-0.1, -0.05) is 28.1 Å². The highest BCUT2D eigenvalue weighted by molar-refractivity contribution is 9.10. The Morgan fingerprint density at radius 2 is 2.39 bits per heavy atom. The lowest BCUT2D eigenvalue weighted by Crippen LogP contribution is -2.31. The molecule has 1 amide bonds. The van der Waals surface area contributed by atoms with Gasteiger partial charge in [0.25, 0.3) is 0 Å². The summed E-state index contributed by atoms with van der Waals surface area (Å²) >= 11 is 3.44. The third-order valence-electron chi connectivity index (χ3n) is 3.04. The lowest BCUT2D eigenvalue weighted by molar-refractivity contribution is 0.0807. The van der Waals surface area contributed by atoms with E-state index in [1.165, 1.54) is 0 Å². The Kier molecular flexibility index (Phi) is 4.60. The molecule has 98 valence electrons. The molecule has 0 aliphatic carbocycles. The fourth-order valence-electron chi connectivity index (χ4n) is 2.26. The summed E-state index contributed by atoms with van der Waals surface area (Å²) in [5, 5.41) is 8.68. The van der Waals surface area contributed by atoms with Crippen molar-refractivity contribution in [2.45, 2.75) is 18.9 Å². The Bertz CT molecular complexity index is 424. The van der Waals surface area contributed by atoms with E-state index in [4.69, 9.17) is 9.84 Å². The van der Waals surface area contributed by atoms with Crippen molar-refractivity contribution in [1.82, 2.24) is 4.90 Å². The molecule has 1 heterocycles. The van der Waals surface area contributed by atoms with Crippen LogP contribution in [0.1, 0.15) is 24.4 Å². The van der Waals surface area contributed by atoms with Crippen LogP contribution in [0.15, 0.2) is 28.7 Å². The number of carbonyl (C=O) groups is 1. The van der Waals surface area contributed by atoms with Crippen LogP contribution >= 0.6 is 15.9 Å². The van der Waals surface area contributed by atoms with E-state index in [1.54, 1.807) is 4.90 Å². The van der Waals surface area contributed by atoms with E-state index in [0.29, 0.717) is 6.54 Å². The lowest BCUT2D eigenvalue weighted by Gasteiger charge is -2.24. The summed E-state index contributed by atoms with van der Waals surface area (Å²) in [6, 6.07) is 8.06. The molecule has 0 radical (unpaired) electrons. The molecule has 1 atom stereocenters. The first-order valence-electron chi connectivity index (χ1n) is 6.02. The molecule has 1 fully saturated rings. The molecule has 5 heteroatoms. The SMILES string of the molecule is O=C(OCCO)N1CCCC1c1cccc(Br)c1. The summed E-state index contributed by atoms with van der Waals surface area (Å²) < 4.78 is 5.99. The summed E-state index contributed by atoms with van der Waals surface area (Å²) in [6.07, 6.45) is 1.59. The number of aliphatic hydroxyl groups excluding tert-OH is 1. The summed E-state index contributed by atoms with van der Waals surface area (Å²) in [5.74, 6) is 0. The molecule has 18 heavy (non-hydrogen) atoms. The third kappa shape index (κ3) is 3.03. The number of halogens is 1. The Morgan fingerprint density at radius 3 is 3.11 bits per heavy atom. The fraction of sp³-hybridized carbons (Fsp3) is 0.462. The van der Waals surface area contributed by atoms with Gasteiger partial charge < -0.3 is 14.7 Å². The van der Waals surface area contributed by atoms with Gasteiger partial charge in [0.05, 0.1) is 12.6 Å². The quantitative estimate of drug-likeness (QED) is 0.933. The van der Waals surface area contributed by atoms with Crippen LogP contribution in [0.5, 0.6) is 0 Å². The molecule has 0 bridgehead atoms. The minimum atomic E-state index is -0.341. The number of hydrogen-bond donors (Lipinski definition) is 1. The van der Waals surface area contributed by atoms with Gasteiger partial charge in [-0.05, 0) is 30.5 Å². The Morgan fingerprint density at radius 1 is 1.56 bits per heavy atom. The zero-order valence-electron chi connectivity index (χ0n) is 10.0. The van der Waals surface area contributed by atoms with Crippen molar-refractivity contribution in [2.24, 2.45) is 0 Å². The Hall–Kier alpha value is -1.07. The van der Waals surface area contributed by atoms with Crippen LogP contribution in [-0.2, 0) is 4.74 Å². The number of benzene rings is 1. The molecular weight excluding hydrogens is 298 g/mol. The van der Waals surface area contributed by atoms with Crippen molar-refractivity contribution in [3.63, 3.8) is 0 Å². The van der Waals surface area contributed by atoms with Gasteiger partial charge in [0.1, 0.15) is 6.61 Å². The number of aliphatic hydroxyl groups is 1. The highest BCUT2D eigenvalue weighted by Gasteiger charge is 2.30. The van der Waals surface area contributed by atoms with E-state index in [1.807, 2.05) is 24.3 Å². The predicted molar refractivity (Wildman–Crippen MR) is 71.3 cm³/mol. The number of amides is 1. The van der Waals surface area contributed by atoms with E-state index in [0.717, 1.165) is 22.9 Å². The van der Waals surface area contributed by atoms with Gasteiger partial charge >= 0.3 is 6.09 Å². The van der Waals surface area contributed by atoms with E-state index in [-0.39, 0.29) is 25.3 Å². The first-order chi connectivity index (χ1) is 8.72. The van der Waals surface area contributed by atoms with Crippen LogP contribution in [0.4, 0.5) is 4.79 Å². The van der Waals surface area contributed by atoms with E-state index in [2.05, 4.69) is 15.9 Å². The summed E-state index contributed by atoms with van der Waals surface area (Å²) in [6.45, 7) is 0.628. The molecule has 1 aliphatic rings. The van der Waals surface area contributed by atoms with Gasteiger partial charge in [-0.25, -0.2) is 4.79 Å². The molecule has 1 aliphatic heterocycles. The fourth-order valence-corrected chi connectivity index (χ4v) is 2.68. The maximum atomic E-state index is 11.9. The standard InChI is InChI=1S/C13H16BrNO3/c14-11-4-1-3-10(9-11)12-5-2-6-15(12)13(17)18-8-7-16/h1,3-4,9,12,16H,2,5-8H2. The minimum Gasteiger partial charge on any atom is -0.447 e. The van der Waals surface area contributed by atoms with Crippen molar-refractivity contribution in [2.75, 3.05) is 19.8 Å². The van der Waals surface area contributed by atoms with Crippen LogP contribution in [0, 0.1) is 0 Å². The van der Waals surface area contributed by atoms with Crippen LogP contribution in [0.25, 0.3) is 0 Å². The number of ether oxygens (including phenoxy) is 1. The molecule has 1 unspecified atom stereocenters. The smallest absolute Gasteiger partial charge is 0.410 e. The Labute approximate surface area is 115 Å². The highest BCUT2D eigenvalue weighted by atomic mass is 79.9. The Balaban J connectivity index is 2.10.